The Morgan fingerprint density at radius 1 is 1.15 bits per heavy atom. The summed E-state index contributed by atoms with van der Waals surface area (Å²) in [5, 5.41) is 4.19. The summed E-state index contributed by atoms with van der Waals surface area (Å²) in [6.07, 6.45) is 1.99. The van der Waals surface area contributed by atoms with Gasteiger partial charge in [0.25, 0.3) is 0 Å². The normalized spacial score (nSPS) is 11.7. The highest BCUT2D eigenvalue weighted by Gasteiger charge is 2.13. The van der Waals surface area contributed by atoms with Gasteiger partial charge in [0.1, 0.15) is 5.75 Å². The van der Waals surface area contributed by atoms with Crippen LogP contribution in [0.1, 0.15) is 39.2 Å². The molecule has 0 aromatic heterocycles. The van der Waals surface area contributed by atoms with E-state index < -0.39 is 0 Å². The van der Waals surface area contributed by atoms with Gasteiger partial charge in [0.05, 0.1) is 6.61 Å². The number of hydrogen-bond acceptors (Lipinski definition) is 3. The molecule has 20 heavy (non-hydrogen) atoms. The molecule has 0 atom stereocenters. The zero-order valence-corrected chi connectivity index (χ0v) is 13.7. The molecule has 0 bridgehead atoms. The Morgan fingerprint density at radius 3 is 2.50 bits per heavy atom. The molecule has 1 aromatic carbocycles. The minimum Gasteiger partial charge on any atom is -0.493 e. The summed E-state index contributed by atoms with van der Waals surface area (Å²) in [5.74, 6) is 0.867. The smallest absolute Gasteiger partial charge is 0.125 e. The Kier molecular flexibility index (Phi) is 7.35. The molecule has 1 rings (SSSR count). The van der Waals surface area contributed by atoms with Gasteiger partial charge in [-0.3, -0.25) is 0 Å². The topological polar surface area (TPSA) is 30.5 Å². The van der Waals surface area contributed by atoms with Crippen LogP contribution in [0.25, 0.3) is 0 Å². The van der Waals surface area contributed by atoms with E-state index in [9.17, 15) is 0 Å². The number of unbranched alkanes of at least 4 members (excludes halogenated alkanes) is 1. The van der Waals surface area contributed by atoms with Crippen LogP contribution in [0.3, 0.4) is 0 Å². The van der Waals surface area contributed by atoms with E-state index in [1.165, 1.54) is 0 Å². The van der Waals surface area contributed by atoms with Crippen molar-refractivity contribution in [3.8, 4) is 5.75 Å². The third-order valence-corrected chi connectivity index (χ3v) is 3.23. The zero-order valence-electron chi connectivity index (χ0n) is 13.0. The minimum absolute atomic E-state index is 0.0505. The van der Waals surface area contributed by atoms with Crippen molar-refractivity contribution in [1.82, 2.24) is 5.32 Å². The van der Waals surface area contributed by atoms with E-state index in [1.54, 1.807) is 7.11 Å². The number of halogens is 1. The van der Waals surface area contributed by atoms with Gasteiger partial charge >= 0.3 is 0 Å². The van der Waals surface area contributed by atoms with Crippen molar-refractivity contribution < 1.29 is 9.47 Å². The van der Waals surface area contributed by atoms with Crippen molar-refractivity contribution in [1.29, 1.82) is 0 Å². The van der Waals surface area contributed by atoms with Gasteiger partial charge in [0, 0.05) is 36.4 Å². The number of benzene rings is 1. The molecule has 0 spiro atoms. The quantitative estimate of drug-likeness (QED) is 0.735. The fourth-order valence-electron chi connectivity index (χ4n) is 1.73. The largest absolute Gasteiger partial charge is 0.493 e. The van der Waals surface area contributed by atoms with Crippen molar-refractivity contribution in [2.24, 2.45) is 0 Å². The third-order valence-electron chi connectivity index (χ3n) is 2.87. The summed E-state index contributed by atoms with van der Waals surface area (Å²) >= 11 is 6.28. The predicted molar refractivity (Wildman–Crippen MR) is 84.6 cm³/mol. The maximum Gasteiger partial charge on any atom is 0.125 e. The maximum absolute atomic E-state index is 6.28. The Bertz CT molecular complexity index is 402. The molecular weight excluding hydrogens is 274 g/mol. The van der Waals surface area contributed by atoms with Crippen molar-refractivity contribution in [3.63, 3.8) is 0 Å². The summed E-state index contributed by atoms with van der Waals surface area (Å²) in [6.45, 7) is 8.57. The van der Waals surface area contributed by atoms with Crippen LogP contribution in [-0.4, -0.2) is 25.9 Å². The second kappa shape index (κ2) is 8.50. The van der Waals surface area contributed by atoms with Crippen molar-refractivity contribution in [2.45, 2.75) is 45.7 Å². The lowest BCUT2D eigenvalue weighted by molar-refractivity contribution is 0.184. The molecule has 0 radical (unpaired) electrons. The van der Waals surface area contributed by atoms with E-state index in [0.29, 0.717) is 13.2 Å². The number of nitrogens with one attached hydrogen (secondary N) is 1. The average molecular weight is 300 g/mol. The molecule has 3 nitrogen and oxygen atoms in total. The first-order chi connectivity index (χ1) is 9.44. The van der Waals surface area contributed by atoms with Gasteiger partial charge in [0.15, 0.2) is 0 Å². The fraction of sp³-hybridized carbons (Fsp3) is 0.625. The Hall–Kier alpha value is -0.770. The second-order valence-corrected chi connectivity index (χ2v) is 6.28. The summed E-state index contributed by atoms with van der Waals surface area (Å²) in [7, 11) is 1.72. The standard InChI is InChI=1S/C16H26ClNO2/c1-16(2,3)18-12-13-14(17)8-7-9-15(13)20-11-6-5-10-19-4/h7-9,18H,5-6,10-12H2,1-4H3. The van der Waals surface area contributed by atoms with E-state index in [-0.39, 0.29) is 5.54 Å². The summed E-state index contributed by atoms with van der Waals surface area (Å²) in [6, 6.07) is 5.80. The highest BCUT2D eigenvalue weighted by Crippen LogP contribution is 2.27. The highest BCUT2D eigenvalue weighted by molar-refractivity contribution is 6.31. The van der Waals surface area contributed by atoms with Gasteiger partial charge < -0.3 is 14.8 Å². The van der Waals surface area contributed by atoms with Crippen LogP contribution >= 0.6 is 11.6 Å². The lowest BCUT2D eigenvalue weighted by Crippen LogP contribution is -2.35. The third kappa shape index (κ3) is 6.60. The molecule has 0 heterocycles. The van der Waals surface area contributed by atoms with Gasteiger partial charge in [-0.2, -0.15) is 0 Å². The van der Waals surface area contributed by atoms with Gasteiger partial charge in [-0.15, -0.1) is 0 Å². The van der Waals surface area contributed by atoms with E-state index in [1.807, 2.05) is 18.2 Å². The lowest BCUT2D eigenvalue weighted by atomic mass is 10.1. The van der Waals surface area contributed by atoms with Crippen LogP contribution in [0.2, 0.25) is 5.02 Å². The maximum atomic E-state index is 6.28. The van der Waals surface area contributed by atoms with Gasteiger partial charge in [0.2, 0.25) is 0 Å². The monoisotopic (exact) mass is 299 g/mol. The van der Waals surface area contributed by atoms with Crippen LogP contribution in [0.15, 0.2) is 18.2 Å². The first-order valence-electron chi connectivity index (χ1n) is 7.08. The summed E-state index contributed by atoms with van der Waals surface area (Å²) < 4.78 is 10.9. The molecule has 0 saturated heterocycles. The number of methoxy groups -OCH3 is 1. The molecule has 0 unspecified atom stereocenters. The number of hydrogen-bond donors (Lipinski definition) is 1. The summed E-state index contributed by atoms with van der Waals surface area (Å²) in [5.41, 5.74) is 1.07. The van der Waals surface area contributed by atoms with Crippen molar-refractivity contribution >= 4 is 11.6 Å². The minimum atomic E-state index is 0.0505. The first kappa shape index (κ1) is 17.3. The molecule has 0 aliphatic heterocycles. The lowest BCUT2D eigenvalue weighted by Gasteiger charge is -2.22. The molecule has 114 valence electrons. The molecule has 0 aliphatic carbocycles. The number of rotatable bonds is 8. The molecule has 0 amide bonds. The van der Waals surface area contributed by atoms with Gasteiger partial charge in [-0.05, 0) is 45.7 Å². The Balaban J connectivity index is 2.58. The van der Waals surface area contributed by atoms with Gasteiger partial charge in [-0.1, -0.05) is 17.7 Å². The van der Waals surface area contributed by atoms with Crippen LogP contribution in [0.5, 0.6) is 5.75 Å². The van der Waals surface area contributed by atoms with Crippen LogP contribution in [0, 0.1) is 0 Å². The average Bonchev–Trinajstić information content (AvgIpc) is 2.36. The first-order valence-corrected chi connectivity index (χ1v) is 7.46. The highest BCUT2D eigenvalue weighted by atomic mass is 35.5. The molecule has 4 heteroatoms. The summed E-state index contributed by atoms with van der Waals surface area (Å²) in [4.78, 5) is 0. The molecular formula is C16H26ClNO2. The van der Waals surface area contributed by atoms with E-state index in [2.05, 4.69) is 26.1 Å². The zero-order chi connectivity index (χ0) is 15.0. The molecule has 1 N–H and O–H groups in total. The molecule has 0 fully saturated rings. The Morgan fingerprint density at radius 2 is 1.85 bits per heavy atom. The predicted octanol–water partition coefficient (Wildman–Crippen LogP) is 4.03. The van der Waals surface area contributed by atoms with Crippen LogP contribution < -0.4 is 10.1 Å². The SMILES string of the molecule is COCCCCOc1cccc(Cl)c1CNC(C)(C)C. The number of ether oxygens (including phenoxy) is 2. The van der Waals surface area contributed by atoms with Crippen molar-refractivity contribution in [3.05, 3.63) is 28.8 Å². The Labute approximate surface area is 127 Å². The van der Waals surface area contributed by atoms with E-state index in [0.717, 1.165) is 35.8 Å². The van der Waals surface area contributed by atoms with E-state index in [4.69, 9.17) is 21.1 Å². The van der Waals surface area contributed by atoms with Crippen molar-refractivity contribution in [2.75, 3.05) is 20.3 Å². The van der Waals surface area contributed by atoms with Gasteiger partial charge in [-0.25, -0.2) is 0 Å². The van der Waals surface area contributed by atoms with E-state index >= 15 is 0 Å². The molecule has 1 aromatic rings. The fourth-order valence-corrected chi connectivity index (χ4v) is 1.96. The van der Waals surface area contributed by atoms with Crippen LogP contribution in [0.4, 0.5) is 0 Å². The van der Waals surface area contributed by atoms with Crippen LogP contribution in [-0.2, 0) is 11.3 Å². The second-order valence-electron chi connectivity index (χ2n) is 5.87. The molecule has 0 aliphatic rings. The molecule has 0 saturated carbocycles.